The van der Waals surface area contributed by atoms with E-state index in [0.717, 1.165) is 6.42 Å². The first kappa shape index (κ1) is 7.49. The Morgan fingerprint density at radius 2 is 2.58 bits per heavy atom. The van der Waals surface area contributed by atoms with E-state index in [1.165, 1.54) is 11.3 Å². The molecule has 4 heteroatoms. The molecular formula is C8H7NO2S. The van der Waals surface area contributed by atoms with Crippen molar-refractivity contribution in [3.05, 3.63) is 28.4 Å². The molecule has 62 valence electrons. The SMILES string of the molecule is O=C(C1=CCCO1)c1cscn1. The van der Waals surface area contributed by atoms with Crippen molar-refractivity contribution in [1.29, 1.82) is 0 Å². The molecule has 0 N–H and O–H groups in total. The summed E-state index contributed by atoms with van der Waals surface area (Å²) in [5.74, 6) is 0.342. The summed E-state index contributed by atoms with van der Waals surface area (Å²) in [5.41, 5.74) is 2.12. The monoisotopic (exact) mass is 181 g/mol. The summed E-state index contributed by atoms with van der Waals surface area (Å²) < 4.78 is 5.11. The fourth-order valence-corrected chi connectivity index (χ4v) is 1.56. The van der Waals surface area contributed by atoms with Crippen molar-refractivity contribution in [2.45, 2.75) is 6.42 Å². The van der Waals surface area contributed by atoms with Crippen molar-refractivity contribution in [3.8, 4) is 0 Å². The van der Waals surface area contributed by atoms with E-state index in [0.29, 0.717) is 18.1 Å². The van der Waals surface area contributed by atoms with Gasteiger partial charge < -0.3 is 4.74 Å². The van der Waals surface area contributed by atoms with Gasteiger partial charge in [0.1, 0.15) is 5.69 Å². The Labute approximate surface area is 73.7 Å². The van der Waals surface area contributed by atoms with Crippen molar-refractivity contribution >= 4 is 17.1 Å². The third-order valence-corrected chi connectivity index (χ3v) is 2.18. The van der Waals surface area contributed by atoms with E-state index in [1.807, 2.05) is 6.08 Å². The number of thiazole rings is 1. The summed E-state index contributed by atoms with van der Waals surface area (Å²) in [5, 5.41) is 1.73. The summed E-state index contributed by atoms with van der Waals surface area (Å²) in [7, 11) is 0. The Morgan fingerprint density at radius 1 is 1.67 bits per heavy atom. The Morgan fingerprint density at radius 3 is 3.17 bits per heavy atom. The molecular weight excluding hydrogens is 174 g/mol. The van der Waals surface area contributed by atoms with Gasteiger partial charge in [-0.05, 0) is 6.08 Å². The van der Waals surface area contributed by atoms with Crippen LogP contribution >= 0.6 is 11.3 Å². The lowest BCUT2D eigenvalue weighted by Gasteiger charge is -1.98. The smallest absolute Gasteiger partial charge is 0.246 e. The molecule has 1 aromatic heterocycles. The molecule has 1 aliphatic heterocycles. The normalized spacial score (nSPS) is 15.5. The maximum absolute atomic E-state index is 11.5. The molecule has 0 atom stereocenters. The Kier molecular flexibility index (Phi) is 1.91. The molecule has 0 radical (unpaired) electrons. The number of carbonyl (C=O) groups excluding carboxylic acids is 1. The van der Waals surface area contributed by atoms with Crippen LogP contribution in [-0.4, -0.2) is 17.4 Å². The number of Topliss-reactive ketones (excluding diaryl/α,β-unsaturated/α-hetero) is 1. The van der Waals surface area contributed by atoms with Crippen molar-refractivity contribution < 1.29 is 9.53 Å². The average molecular weight is 181 g/mol. The molecule has 0 fully saturated rings. The molecule has 0 bridgehead atoms. The van der Waals surface area contributed by atoms with Gasteiger partial charge in [-0.15, -0.1) is 11.3 Å². The topological polar surface area (TPSA) is 39.2 Å². The zero-order valence-electron chi connectivity index (χ0n) is 6.32. The molecule has 2 heterocycles. The highest BCUT2D eigenvalue weighted by Gasteiger charge is 2.17. The van der Waals surface area contributed by atoms with Gasteiger partial charge in [0.05, 0.1) is 12.1 Å². The van der Waals surface area contributed by atoms with Gasteiger partial charge in [0, 0.05) is 11.8 Å². The van der Waals surface area contributed by atoms with Gasteiger partial charge in [-0.25, -0.2) is 4.98 Å². The second-order valence-corrected chi connectivity index (χ2v) is 3.13. The maximum atomic E-state index is 11.5. The van der Waals surface area contributed by atoms with Crippen LogP contribution in [0.3, 0.4) is 0 Å². The zero-order valence-corrected chi connectivity index (χ0v) is 7.13. The van der Waals surface area contributed by atoms with Gasteiger partial charge in [0.25, 0.3) is 0 Å². The van der Waals surface area contributed by atoms with Gasteiger partial charge in [0.2, 0.25) is 5.78 Å². The molecule has 0 unspecified atom stereocenters. The van der Waals surface area contributed by atoms with Crippen LogP contribution in [0.2, 0.25) is 0 Å². The molecule has 1 aliphatic rings. The quantitative estimate of drug-likeness (QED) is 0.651. The number of hydrogen-bond donors (Lipinski definition) is 0. The Bertz CT molecular complexity index is 316. The highest BCUT2D eigenvalue weighted by molar-refractivity contribution is 7.07. The van der Waals surface area contributed by atoms with E-state index >= 15 is 0 Å². The van der Waals surface area contributed by atoms with Crippen molar-refractivity contribution in [3.63, 3.8) is 0 Å². The highest BCUT2D eigenvalue weighted by Crippen LogP contribution is 2.15. The first-order valence-electron chi connectivity index (χ1n) is 3.64. The van der Waals surface area contributed by atoms with Crippen LogP contribution in [0.15, 0.2) is 22.7 Å². The van der Waals surface area contributed by atoms with Crippen LogP contribution in [-0.2, 0) is 4.74 Å². The zero-order chi connectivity index (χ0) is 8.39. The predicted octanol–water partition coefficient (Wildman–Crippen LogP) is 1.63. The molecule has 0 aliphatic carbocycles. The third kappa shape index (κ3) is 1.25. The first-order chi connectivity index (χ1) is 5.88. The van der Waals surface area contributed by atoms with Gasteiger partial charge in [0.15, 0.2) is 5.76 Å². The predicted molar refractivity (Wildman–Crippen MR) is 45.1 cm³/mol. The molecule has 3 nitrogen and oxygen atoms in total. The summed E-state index contributed by atoms with van der Waals surface area (Å²) in [6.07, 6.45) is 2.63. The lowest BCUT2D eigenvalue weighted by atomic mass is 10.2. The molecule has 0 saturated heterocycles. The van der Waals surface area contributed by atoms with Crippen LogP contribution in [0, 0.1) is 0 Å². The lowest BCUT2D eigenvalue weighted by molar-refractivity contribution is 0.0938. The largest absolute Gasteiger partial charge is 0.489 e. The number of nitrogens with zero attached hydrogens (tertiary/aromatic N) is 1. The van der Waals surface area contributed by atoms with E-state index < -0.39 is 0 Å². The van der Waals surface area contributed by atoms with Crippen LogP contribution in [0.25, 0.3) is 0 Å². The summed E-state index contributed by atoms with van der Waals surface area (Å²) in [6.45, 7) is 0.616. The van der Waals surface area contributed by atoms with Gasteiger partial charge in [-0.2, -0.15) is 0 Å². The Hall–Kier alpha value is -1.16. The van der Waals surface area contributed by atoms with Gasteiger partial charge >= 0.3 is 0 Å². The number of carbonyl (C=O) groups is 1. The summed E-state index contributed by atoms with van der Waals surface area (Å²) in [4.78, 5) is 15.4. The minimum Gasteiger partial charge on any atom is -0.489 e. The average Bonchev–Trinajstić information content (AvgIpc) is 2.77. The molecule has 0 saturated carbocycles. The molecule has 0 spiro atoms. The number of aromatic nitrogens is 1. The minimum atomic E-state index is -0.103. The third-order valence-electron chi connectivity index (χ3n) is 1.59. The first-order valence-corrected chi connectivity index (χ1v) is 4.58. The van der Waals surface area contributed by atoms with Crippen LogP contribution < -0.4 is 0 Å². The minimum absolute atomic E-state index is 0.103. The van der Waals surface area contributed by atoms with E-state index in [1.54, 1.807) is 10.9 Å². The lowest BCUT2D eigenvalue weighted by Crippen LogP contribution is -2.03. The molecule has 2 rings (SSSR count). The molecule has 0 aromatic carbocycles. The number of hydrogen-bond acceptors (Lipinski definition) is 4. The van der Waals surface area contributed by atoms with Gasteiger partial charge in [-0.1, -0.05) is 0 Å². The van der Waals surface area contributed by atoms with Crippen molar-refractivity contribution in [2.75, 3.05) is 6.61 Å². The number of ketones is 1. The van der Waals surface area contributed by atoms with Crippen molar-refractivity contribution in [2.24, 2.45) is 0 Å². The fourth-order valence-electron chi connectivity index (χ4n) is 1.03. The number of allylic oxidation sites excluding steroid dienone is 1. The van der Waals surface area contributed by atoms with Crippen LogP contribution in [0.4, 0.5) is 0 Å². The van der Waals surface area contributed by atoms with E-state index in [2.05, 4.69) is 4.98 Å². The Balaban J connectivity index is 2.20. The van der Waals surface area contributed by atoms with Crippen LogP contribution in [0.1, 0.15) is 16.9 Å². The number of ether oxygens (including phenoxy) is 1. The van der Waals surface area contributed by atoms with Crippen molar-refractivity contribution in [1.82, 2.24) is 4.98 Å². The molecule has 0 amide bonds. The van der Waals surface area contributed by atoms with E-state index in [9.17, 15) is 4.79 Å². The number of rotatable bonds is 2. The second-order valence-electron chi connectivity index (χ2n) is 2.41. The summed E-state index contributed by atoms with van der Waals surface area (Å²) >= 11 is 1.41. The van der Waals surface area contributed by atoms with Crippen LogP contribution in [0.5, 0.6) is 0 Å². The second kappa shape index (κ2) is 3.06. The summed E-state index contributed by atoms with van der Waals surface area (Å²) in [6, 6.07) is 0. The standard InChI is InChI=1S/C8H7NO2S/c10-8(6-4-12-5-9-6)7-2-1-3-11-7/h2,4-5H,1,3H2. The van der Waals surface area contributed by atoms with E-state index in [-0.39, 0.29) is 5.78 Å². The molecule has 1 aromatic rings. The fraction of sp³-hybridized carbons (Fsp3) is 0.250. The van der Waals surface area contributed by atoms with E-state index in [4.69, 9.17) is 4.74 Å². The molecule has 12 heavy (non-hydrogen) atoms. The van der Waals surface area contributed by atoms with Gasteiger partial charge in [-0.3, -0.25) is 4.79 Å². The maximum Gasteiger partial charge on any atom is 0.246 e. The highest BCUT2D eigenvalue weighted by atomic mass is 32.1.